The fourth-order valence-electron chi connectivity index (χ4n) is 1.88. The van der Waals surface area contributed by atoms with Crippen molar-refractivity contribution in [3.63, 3.8) is 0 Å². The van der Waals surface area contributed by atoms with Crippen molar-refractivity contribution in [3.05, 3.63) is 0 Å². The van der Waals surface area contributed by atoms with Crippen LogP contribution in [0.5, 0.6) is 0 Å². The summed E-state index contributed by atoms with van der Waals surface area (Å²) in [4.78, 5) is 17.3. The van der Waals surface area contributed by atoms with Crippen LogP contribution in [-0.2, 0) is 14.8 Å². The number of nitrogens with one attached hydrogen (secondary N) is 1. The zero-order valence-electron chi connectivity index (χ0n) is 9.66. The van der Waals surface area contributed by atoms with Gasteiger partial charge in [0.1, 0.15) is 0 Å². The van der Waals surface area contributed by atoms with Crippen molar-refractivity contribution in [1.82, 2.24) is 15.2 Å². The van der Waals surface area contributed by atoms with Crippen LogP contribution in [0.15, 0.2) is 5.16 Å². The van der Waals surface area contributed by atoms with E-state index in [0.717, 1.165) is 0 Å². The van der Waals surface area contributed by atoms with E-state index in [1.165, 1.54) is 16.7 Å². The molecule has 0 bridgehead atoms. The molecule has 10 heteroatoms. The van der Waals surface area contributed by atoms with Crippen molar-refractivity contribution in [1.29, 1.82) is 0 Å². The van der Waals surface area contributed by atoms with Crippen LogP contribution in [0.1, 0.15) is 6.42 Å². The van der Waals surface area contributed by atoms with Gasteiger partial charge in [-0.1, -0.05) is 11.8 Å². The molecule has 1 unspecified atom stereocenters. The second-order valence-corrected chi connectivity index (χ2v) is 6.48. The molecule has 3 N–H and O–H groups in total. The standard InChI is InChI=1S/C8H13N5O3S2/c1-17-8-10-7(11-12-8)13-3-5(2-6(13)14)4-18(9,15)16/h5H,2-4H2,1H3,(H2,9,15,16)(H,10,11,12). The van der Waals surface area contributed by atoms with Crippen molar-refractivity contribution < 1.29 is 13.2 Å². The van der Waals surface area contributed by atoms with Crippen LogP contribution in [0.2, 0.25) is 0 Å². The molecule has 0 aliphatic carbocycles. The highest BCUT2D eigenvalue weighted by molar-refractivity contribution is 7.98. The van der Waals surface area contributed by atoms with Gasteiger partial charge in [0.15, 0.2) is 0 Å². The lowest BCUT2D eigenvalue weighted by Gasteiger charge is -2.11. The first-order chi connectivity index (χ1) is 8.39. The first kappa shape index (κ1) is 13.3. The summed E-state index contributed by atoms with van der Waals surface area (Å²) >= 11 is 1.35. The van der Waals surface area contributed by atoms with Crippen LogP contribution >= 0.6 is 11.8 Å². The molecule has 1 atom stereocenters. The highest BCUT2D eigenvalue weighted by Crippen LogP contribution is 2.23. The number of thioether (sulfide) groups is 1. The fourth-order valence-corrected chi connectivity index (χ4v) is 3.07. The van der Waals surface area contributed by atoms with Crippen LogP contribution in [0.4, 0.5) is 5.95 Å². The molecule has 1 saturated heterocycles. The van der Waals surface area contributed by atoms with Crippen molar-refractivity contribution in [2.24, 2.45) is 11.1 Å². The number of aromatic amines is 1. The molecule has 1 fully saturated rings. The number of primary sulfonamides is 1. The van der Waals surface area contributed by atoms with Gasteiger partial charge in [-0.15, -0.1) is 5.10 Å². The maximum absolute atomic E-state index is 11.8. The minimum atomic E-state index is -3.57. The number of amides is 1. The topological polar surface area (TPSA) is 122 Å². The van der Waals surface area contributed by atoms with Crippen molar-refractivity contribution >= 4 is 33.6 Å². The molecule has 0 saturated carbocycles. The second kappa shape index (κ2) is 4.86. The van der Waals surface area contributed by atoms with E-state index in [0.29, 0.717) is 11.1 Å². The zero-order chi connectivity index (χ0) is 13.3. The Bertz CT molecular complexity index is 555. The Hall–Kier alpha value is -1.13. The molecule has 1 aliphatic heterocycles. The maximum Gasteiger partial charge on any atom is 0.229 e. The number of rotatable bonds is 4. The van der Waals surface area contributed by atoms with Crippen molar-refractivity contribution in [2.75, 3.05) is 23.5 Å². The summed E-state index contributed by atoms with van der Waals surface area (Å²) in [6, 6.07) is 0. The second-order valence-electron chi connectivity index (χ2n) is 4.05. The van der Waals surface area contributed by atoms with Gasteiger partial charge in [0.2, 0.25) is 27.0 Å². The minimum absolute atomic E-state index is 0.158. The number of nitrogens with zero attached hydrogens (tertiary/aromatic N) is 3. The van der Waals surface area contributed by atoms with E-state index in [9.17, 15) is 13.2 Å². The van der Waals surface area contributed by atoms with Crippen molar-refractivity contribution in [3.8, 4) is 0 Å². The molecular weight excluding hydrogens is 278 g/mol. The Morgan fingerprint density at radius 2 is 2.33 bits per heavy atom. The highest BCUT2D eigenvalue weighted by Gasteiger charge is 2.34. The van der Waals surface area contributed by atoms with E-state index in [1.54, 1.807) is 0 Å². The average Bonchev–Trinajstić information content (AvgIpc) is 2.82. The molecule has 0 aromatic carbocycles. The Morgan fingerprint density at radius 1 is 1.61 bits per heavy atom. The Morgan fingerprint density at radius 3 is 2.89 bits per heavy atom. The van der Waals surface area contributed by atoms with E-state index in [1.807, 2.05) is 6.26 Å². The van der Waals surface area contributed by atoms with Gasteiger partial charge in [-0.25, -0.2) is 18.7 Å². The Balaban J connectivity index is 2.09. The molecule has 100 valence electrons. The Kier molecular flexibility index (Phi) is 3.59. The predicted octanol–water partition coefficient (Wildman–Crippen LogP) is -0.832. The monoisotopic (exact) mass is 291 g/mol. The molecule has 2 rings (SSSR count). The Labute approximate surface area is 108 Å². The van der Waals surface area contributed by atoms with E-state index in [4.69, 9.17) is 5.14 Å². The number of carbonyl (C=O) groups excluding carboxylic acids is 1. The number of carbonyl (C=O) groups is 1. The number of anilines is 1. The van der Waals surface area contributed by atoms with Crippen LogP contribution in [-0.4, -0.2) is 48.1 Å². The van der Waals surface area contributed by atoms with Gasteiger partial charge in [0.05, 0.1) is 5.75 Å². The van der Waals surface area contributed by atoms with Gasteiger partial charge in [-0.05, 0) is 6.26 Å². The fraction of sp³-hybridized carbons (Fsp3) is 0.625. The molecule has 1 aromatic heterocycles. The number of hydrogen-bond donors (Lipinski definition) is 2. The number of aromatic nitrogens is 3. The SMILES string of the molecule is CSc1n[nH]c(N2CC(CS(N)(=O)=O)CC2=O)n1. The lowest BCUT2D eigenvalue weighted by atomic mass is 10.1. The summed E-state index contributed by atoms with van der Waals surface area (Å²) in [5, 5.41) is 12.1. The molecular formula is C8H13N5O3S2. The average molecular weight is 291 g/mol. The number of nitrogens with two attached hydrogens (primary N) is 1. The smallest absolute Gasteiger partial charge is 0.229 e. The molecule has 18 heavy (non-hydrogen) atoms. The molecule has 2 heterocycles. The zero-order valence-corrected chi connectivity index (χ0v) is 11.3. The van der Waals surface area contributed by atoms with Crippen LogP contribution in [0.25, 0.3) is 0 Å². The quantitative estimate of drug-likeness (QED) is 0.698. The third kappa shape index (κ3) is 3.00. The van der Waals surface area contributed by atoms with E-state index in [-0.39, 0.29) is 30.5 Å². The lowest BCUT2D eigenvalue weighted by molar-refractivity contribution is -0.117. The van der Waals surface area contributed by atoms with Crippen LogP contribution < -0.4 is 10.0 Å². The third-order valence-corrected chi connectivity index (χ3v) is 4.05. The normalized spacial score (nSPS) is 20.7. The first-order valence-electron chi connectivity index (χ1n) is 5.16. The number of sulfonamides is 1. The van der Waals surface area contributed by atoms with Crippen LogP contribution in [0, 0.1) is 5.92 Å². The van der Waals surface area contributed by atoms with Crippen LogP contribution in [0.3, 0.4) is 0 Å². The molecule has 8 nitrogen and oxygen atoms in total. The molecule has 1 aliphatic rings. The summed E-state index contributed by atoms with van der Waals surface area (Å²) in [5.74, 6) is -0.317. The lowest BCUT2D eigenvalue weighted by Crippen LogP contribution is -2.28. The van der Waals surface area contributed by atoms with Gasteiger partial charge in [-0.3, -0.25) is 9.69 Å². The summed E-state index contributed by atoms with van der Waals surface area (Å²) in [5.41, 5.74) is 0. The first-order valence-corrected chi connectivity index (χ1v) is 8.10. The maximum atomic E-state index is 11.8. The molecule has 1 aromatic rings. The van der Waals surface area contributed by atoms with E-state index < -0.39 is 10.0 Å². The van der Waals surface area contributed by atoms with Gasteiger partial charge in [0, 0.05) is 18.9 Å². The predicted molar refractivity (Wildman–Crippen MR) is 66.6 cm³/mol. The van der Waals surface area contributed by atoms with Gasteiger partial charge < -0.3 is 0 Å². The van der Waals surface area contributed by atoms with Gasteiger partial charge >= 0.3 is 0 Å². The van der Waals surface area contributed by atoms with Crippen molar-refractivity contribution in [2.45, 2.75) is 11.6 Å². The minimum Gasteiger partial charge on any atom is -0.281 e. The summed E-state index contributed by atoms with van der Waals surface area (Å²) < 4.78 is 22.0. The summed E-state index contributed by atoms with van der Waals surface area (Å²) in [6.45, 7) is 0.290. The largest absolute Gasteiger partial charge is 0.281 e. The highest BCUT2D eigenvalue weighted by atomic mass is 32.2. The number of hydrogen-bond acceptors (Lipinski definition) is 6. The molecule has 0 spiro atoms. The van der Waals surface area contributed by atoms with Gasteiger partial charge in [0.25, 0.3) is 0 Å². The third-order valence-electron chi connectivity index (χ3n) is 2.56. The molecule has 1 amide bonds. The van der Waals surface area contributed by atoms with E-state index in [2.05, 4.69) is 15.2 Å². The van der Waals surface area contributed by atoms with Gasteiger partial charge in [-0.2, -0.15) is 4.98 Å². The summed E-state index contributed by atoms with van der Waals surface area (Å²) in [6.07, 6.45) is 1.98. The summed E-state index contributed by atoms with van der Waals surface area (Å²) in [7, 11) is -3.57. The number of H-pyrrole nitrogens is 1. The van der Waals surface area contributed by atoms with E-state index >= 15 is 0 Å². The molecule has 0 radical (unpaired) electrons.